The highest BCUT2D eigenvalue weighted by atomic mass is 16.5. The van der Waals surface area contributed by atoms with Gasteiger partial charge in [-0.25, -0.2) is 9.48 Å². The lowest BCUT2D eigenvalue weighted by atomic mass is 10.1. The van der Waals surface area contributed by atoms with Gasteiger partial charge in [0.2, 0.25) is 5.91 Å². The molecular formula is C12H20N4O3. The Hall–Kier alpha value is -1.92. The summed E-state index contributed by atoms with van der Waals surface area (Å²) in [5, 5.41) is 7.77. The van der Waals surface area contributed by atoms with Gasteiger partial charge in [0.25, 0.3) is 0 Å². The van der Waals surface area contributed by atoms with E-state index in [4.69, 9.17) is 10.5 Å². The lowest BCUT2D eigenvalue weighted by molar-refractivity contribution is -0.121. The Morgan fingerprint density at radius 1 is 1.42 bits per heavy atom. The molecule has 1 amide bonds. The smallest absolute Gasteiger partial charge is 0.360 e. The number of rotatable bonds is 7. The van der Waals surface area contributed by atoms with Crippen molar-refractivity contribution in [2.24, 2.45) is 11.7 Å². The van der Waals surface area contributed by atoms with Gasteiger partial charge in [-0.2, -0.15) is 0 Å². The minimum atomic E-state index is -0.482. The molecule has 2 N–H and O–H groups in total. The SMILES string of the molecule is CCCc1c(C(=O)OCC)nnn1CC(C)C(N)=O. The van der Waals surface area contributed by atoms with Crippen LogP contribution in [0.15, 0.2) is 0 Å². The summed E-state index contributed by atoms with van der Waals surface area (Å²) in [7, 11) is 0. The quantitative estimate of drug-likeness (QED) is 0.727. The molecule has 106 valence electrons. The highest BCUT2D eigenvalue weighted by molar-refractivity contribution is 5.88. The van der Waals surface area contributed by atoms with E-state index in [0.717, 1.165) is 6.42 Å². The van der Waals surface area contributed by atoms with E-state index in [0.29, 0.717) is 18.7 Å². The number of carbonyl (C=O) groups is 2. The minimum Gasteiger partial charge on any atom is -0.461 e. The van der Waals surface area contributed by atoms with Crippen LogP contribution >= 0.6 is 0 Å². The number of nitrogens with zero attached hydrogens (tertiary/aromatic N) is 3. The largest absolute Gasteiger partial charge is 0.461 e. The predicted molar refractivity (Wildman–Crippen MR) is 68.3 cm³/mol. The molecule has 1 heterocycles. The molecule has 7 nitrogen and oxygen atoms in total. The van der Waals surface area contributed by atoms with Crippen LogP contribution in [0.2, 0.25) is 0 Å². The van der Waals surface area contributed by atoms with Crippen molar-refractivity contribution >= 4 is 11.9 Å². The lowest BCUT2D eigenvalue weighted by Gasteiger charge is -2.10. The molecule has 0 aliphatic carbocycles. The summed E-state index contributed by atoms with van der Waals surface area (Å²) in [5.74, 6) is -1.26. The average molecular weight is 268 g/mol. The Morgan fingerprint density at radius 2 is 2.11 bits per heavy atom. The van der Waals surface area contributed by atoms with Crippen LogP contribution in [0.1, 0.15) is 43.4 Å². The maximum atomic E-state index is 11.7. The summed E-state index contributed by atoms with van der Waals surface area (Å²) in [5.41, 5.74) is 6.14. The molecule has 0 bridgehead atoms. The number of ether oxygens (including phenoxy) is 1. The molecule has 1 aromatic rings. The molecule has 1 atom stereocenters. The van der Waals surface area contributed by atoms with E-state index >= 15 is 0 Å². The molecule has 0 spiro atoms. The molecule has 0 aromatic carbocycles. The number of hydrogen-bond acceptors (Lipinski definition) is 5. The van der Waals surface area contributed by atoms with E-state index in [2.05, 4.69) is 10.3 Å². The van der Waals surface area contributed by atoms with Crippen molar-refractivity contribution in [2.75, 3.05) is 6.61 Å². The zero-order chi connectivity index (χ0) is 14.4. The third kappa shape index (κ3) is 3.77. The zero-order valence-corrected chi connectivity index (χ0v) is 11.5. The second kappa shape index (κ2) is 6.86. The molecule has 1 rings (SSSR count). The fraction of sp³-hybridized carbons (Fsp3) is 0.667. The molecular weight excluding hydrogens is 248 g/mol. The van der Waals surface area contributed by atoms with Crippen molar-refractivity contribution < 1.29 is 14.3 Å². The summed E-state index contributed by atoms with van der Waals surface area (Å²) in [6, 6.07) is 0. The second-order valence-electron chi connectivity index (χ2n) is 4.34. The van der Waals surface area contributed by atoms with Crippen LogP contribution in [0.4, 0.5) is 0 Å². The van der Waals surface area contributed by atoms with Crippen LogP contribution in [0, 0.1) is 5.92 Å². The fourth-order valence-electron chi connectivity index (χ4n) is 1.67. The van der Waals surface area contributed by atoms with Gasteiger partial charge in [-0.05, 0) is 13.3 Å². The van der Waals surface area contributed by atoms with E-state index in [-0.39, 0.29) is 18.2 Å². The Balaban J connectivity index is 2.99. The van der Waals surface area contributed by atoms with Gasteiger partial charge >= 0.3 is 5.97 Å². The van der Waals surface area contributed by atoms with Gasteiger partial charge in [0.15, 0.2) is 5.69 Å². The van der Waals surface area contributed by atoms with Crippen molar-refractivity contribution in [1.29, 1.82) is 0 Å². The number of amides is 1. The molecule has 1 aromatic heterocycles. The van der Waals surface area contributed by atoms with Crippen LogP contribution in [0.25, 0.3) is 0 Å². The van der Waals surface area contributed by atoms with Crippen LogP contribution in [0.5, 0.6) is 0 Å². The van der Waals surface area contributed by atoms with Crippen molar-refractivity contribution in [1.82, 2.24) is 15.0 Å². The molecule has 19 heavy (non-hydrogen) atoms. The fourth-order valence-corrected chi connectivity index (χ4v) is 1.67. The Morgan fingerprint density at radius 3 is 2.63 bits per heavy atom. The van der Waals surface area contributed by atoms with Gasteiger partial charge in [-0.3, -0.25) is 4.79 Å². The first kappa shape index (κ1) is 15.1. The summed E-state index contributed by atoms with van der Waals surface area (Å²) in [6.45, 7) is 6.04. The summed E-state index contributed by atoms with van der Waals surface area (Å²) in [6.07, 6.45) is 1.48. The third-order valence-electron chi connectivity index (χ3n) is 2.73. The normalized spacial score (nSPS) is 12.2. The van der Waals surface area contributed by atoms with Crippen LogP contribution < -0.4 is 5.73 Å². The van der Waals surface area contributed by atoms with Gasteiger partial charge in [0, 0.05) is 0 Å². The van der Waals surface area contributed by atoms with Crippen molar-refractivity contribution in [3.05, 3.63) is 11.4 Å². The first-order chi connectivity index (χ1) is 9.01. The maximum Gasteiger partial charge on any atom is 0.360 e. The van der Waals surface area contributed by atoms with Gasteiger partial charge in [0.1, 0.15) is 0 Å². The van der Waals surface area contributed by atoms with Gasteiger partial charge in [-0.1, -0.05) is 25.5 Å². The molecule has 0 aliphatic heterocycles. The maximum absolute atomic E-state index is 11.7. The average Bonchev–Trinajstić information content (AvgIpc) is 2.73. The molecule has 1 unspecified atom stereocenters. The molecule has 0 saturated heterocycles. The van der Waals surface area contributed by atoms with Gasteiger partial charge < -0.3 is 10.5 Å². The Bertz CT molecular complexity index is 456. The number of aromatic nitrogens is 3. The summed E-state index contributed by atoms with van der Waals surface area (Å²) < 4.78 is 6.49. The third-order valence-corrected chi connectivity index (χ3v) is 2.73. The minimum absolute atomic E-state index is 0.223. The number of nitrogens with two attached hydrogens (primary N) is 1. The van der Waals surface area contributed by atoms with Crippen molar-refractivity contribution in [2.45, 2.75) is 40.2 Å². The predicted octanol–water partition coefficient (Wildman–Crippen LogP) is 0.529. The molecule has 0 radical (unpaired) electrons. The summed E-state index contributed by atoms with van der Waals surface area (Å²) >= 11 is 0. The van der Waals surface area contributed by atoms with Gasteiger partial charge in [-0.15, -0.1) is 5.10 Å². The first-order valence-corrected chi connectivity index (χ1v) is 6.40. The number of carbonyl (C=O) groups excluding carboxylic acids is 2. The van der Waals surface area contributed by atoms with Gasteiger partial charge in [0.05, 0.1) is 24.8 Å². The lowest BCUT2D eigenvalue weighted by Crippen LogP contribution is -2.26. The number of hydrogen-bond donors (Lipinski definition) is 1. The first-order valence-electron chi connectivity index (χ1n) is 6.40. The van der Waals surface area contributed by atoms with E-state index in [1.807, 2.05) is 6.92 Å². The molecule has 0 aliphatic rings. The number of primary amides is 1. The highest BCUT2D eigenvalue weighted by Gasteiger charge is 2.22. The zero-order valence-electron chi connectivity index (χ0n) is 11.5. The van der Waals surface area contributed by atoms with Crippen LogP contribution in [-0.2, 0) is 22.5 Å². The van der Waals surface area contributed by atoms with E-state index < -0.39 is 11.9 Å². The van der Waals surface area contributed by atoms with Crippen LogP contribution in [-0.4, -0.2) is 33.5 Å². The molecule has 0 saturated carbocycles. The standard InChI is InChI=1S/C12H20N4O3/c1-4-6-9-10(12(18)19-5-2)14-15-16(9)7-8(3)11(13)17/h8H,4-7H2,1-3H3,(H2,13,17). The highest BCUT2D eigenvalue weighted by Crippen LogP contribution is 2.12. The monoisotopic (exact) mass is 268 g/mol. The second-order valence-corrected chi connectivity index (χ2v) is 4.34. The van der Waals surface area contributed by atoms with Crippen LogP contribution in [0.3, 0.4) is 0 Å². The Labute approximate surface area is 112 Å². The topological polar surface area (TPSA) is 100 Å². The van der Waals surface area contributed by atoms with Crippen molar-refractivity contribution in [3.8, 4) is 0 Å². The van der Waals surface area contributed by atoms with E-state index in [1.165, 1.54) is 0 Å². The van der Waals surface area contributed by atoms with E-state index in [1.54, 1.807) is 18.5 Å². The molecule has 0 fully saturated rings. The Kier molecular flexibility index (Phi) is 5.47. The molecule has 7 heteroatoms. The number of esters is 1. The van der Waals surface area contributed by atoms with Crippen molar-refractivity contribution in [3.63, 3.8) is 0 Å². The summed E-state index contributed by atoms with van der Waals surface area (Å²) in [4.78, 5) is 22.8. The van der Waals surface area contributed by atoms with E-state index in [9.17, 15) is 9.59 Å².